The van der Waals surface area contributed by atoms with E-state index in [0.717, 1.165) is 23.9 Å². The maximum Gasteiger partial charge on any atom is 0.420 e. The van der Waals surface area contributed by atoms with Crippen LogP contribution in [0.5, 0.6) is 0 Å². The number of likely N-dealkylation sites (tertiary alicyclic amines) is 1. The van der Waals surface area contributed by atoms with Gasteiger partial charge in [0.25, 0.3) is 0 Å². The van der Waals surface area contributed by atoms with Gasteiger partial charge in [0.05, 0.1) is 11.9 Å². The molecule has 3 heterocycles. The van der Waals surface area contributed by atoms with Gasteiger partial charge in [-0.15, -0.1) is 0 Å². The number of piperidine rings is 1. The number of para-hydroxylation sites is 2. The third-order valence-electron chi connectivity index (χ3n) is 4.81. The van der Waals surface area contributed by atoms with Crippen molar-refractivity contribution in [2.24, 2.45) is 0 Å². The molecule has 0 unspecified atom stereocenters. The van der Waals surface area contributed by atoms with Gasteiger partial charge in [-0.2, -0.15) is 0 Å². The van der Waals surface area contributed by atoms with Gasteiger partial charge in [0.1, 0.15) is 0 Å². The van der Waals surface area contributed by atoms with Crippen LogP contribution in [0.3, 0.4) is 0 Å². The first-order valence-electron chi connectivity index (χ1n) is 8.49. The summed E-state index contributed by atoms with van der Waals surface area (Å²) in [7, 11) is 0. The van der Waals surface area contributed by atoms with E-state index in [-0.39, 0.29) is 17.7 Å². The molecule has 2 aromatic heterocycles. The van der Waals surface area contributed by atoms with Gasteiger partial charge in [0.15, 0.2) is 5.58 Å². The van der Waals surface area contributed by atoms with Crippen LogP contribution in [0, 0.1) is 0 Å². The van der Waals surface area contributed by atoms with Crippen LogP contribution in [-0.4, -0.2) is 33.4 Å². The molecule has 0 bridgehead atoms. The van der Waals surface area contributed by atoms with Gasteiger partial charge in [-0.25, -0.2) is 4.79 Å². The van der Waals surface area contributed by atoms with E-state index < -0.39 is 0 Å². The fourth-order valence-corrected chi connectivity index (χ4v) is 3.49. The number of benzene rings is 1. The van der Waals surface area contributed by atoms with Gasteiger partial charge in [-0.3, -0.25) is 14.3 Å². The largest absolute Gasteiger partial charge is 0.420 e. The quantitative estimate of drug-likeness (QED) is 0.736. The molecule has 0 radical (unpaired) electrons. The van der Waals surface area contributed by atoms with E-state index in [9.17, 15) is 9.59 Å². The minimum absolute atomic E-state index is 0.0705. The highest BCUT2D eigenvalue weighted by molar-refractivity contribution is 5.78. The molecule has 0 atom stereocenters. The van der Waals surface area contributed by atoms with Crippen LogP contribution >= 0.6 is 0 Å². The molecule has 1 aromatic carbocycles. The second-order valence-electron chi connectivity index (χ2n) is 6.35. The average Bonchev–Trinajstić information content (AvgIpc) is 2.98. The zero-order valence-electron chi connectivity index (χ0n) is 13.8. The molecule has 25 heavy (non-hydrogen) atoms. The standard InChI is InChI=1S/C19H19N3O3/c23-18(13-14-5-9-20-10-6-14)21-11-7-15(8-12-21)22-16-3-1-2-4-17(16)25-19(22)24/h1-6,9-10,15H,7-8,11-13H2. The van der Waals surface area contributed by atoms with E-state index in [1.807, 2.05) is 35.2 Å². The number of rotatable bonds is 3. The fraction of sp³-hybridized carbons (Fsp3) is 0.316. The molecule has 0 spiro atoms. The van der Waals surface area contributed by atoms with Crippen LogP contribution in [0.15, 0.2) is 58.0 Å². The van der Waals surface area contributed by atoms with Crippen molar-refractivity contribution >= 4 is 17.0 Å². The van der Waals surface area contributed by atoms with E-state index >= 15 is 0 Å². The number of amides is 1. The van der Waals surface area contributed by atoms with E-state index in [2.05, 4.69) is 4.98 Å². The summed E-state index contributed by atoms with van der Waals surface area (Å²) in [6, 6.07) is 11.3. The lowest BCUT2D eigenvalue weighted by Crippen LogP contribution is -2.41. The molecule has 1 aliphatic heterocycles. The third-order valence-corrected chi connectivity index (χ3v) is 4.81. The Kier molecular flexibility index (Phi) is 4.09. The molecule has 1 fully saturated rings. The molecule has 0 saturated carbocycles. The monoisotopic (exact) mass is 337 g/mol. The summed E-state index contributed by atoms with van der Waals surface area (Å²) >= 11 is 0. The smallest absolute Gasteiger partial charge is 0.408 e. The Hall–Kier alpha value is -2.89. The van der Waals surface area contributed by atoms with Crippen molar-refractivity contribution in [1.29, 1.82) is 0 Å². The van der Waals surface area contributed by atoms with Gasteiger partial charge >= 0.3 is 5.76 Å². The van der Waals surface area contributed by atoms with Crippen LogP contribution in [0.4, 0.5) is 0 Å². The minimum Gasteiger partial charge on any atom is -0.408 e. The molecule has 4 rings (SSSR count). The molecule has 3 aromatic rings. The first kappa shape index (κ1) is 15.6. The predicted molar refractivity (Wildman–Crippen MR) is 93.3 cm³/mol. The van der Waals surface area contributed by atoms with E-state index in [1.54, 1.807) is 23.0 Å². The SMILES string of the molecule is O=C(Cc1ccncc1)N1CCC(n2c(=O)oc3ccccc32)CC1. The first-order chi connectivity index (χ1) is 12.2. The van der Waals surface area contributed by atoms with Crippen LogP contribution < -0.4 is 5.76 Å². The predicted octanol–water partition coefficient (Wildman–Crippen LogP) is 2.40. The Bertz CT molecular complexity index is 937. The highest BCUT2D eigenvalue weighted by Crippen LogP contribution is 2.25. The zero-order valence-corrected chi connectivity index (χ0v) is 13.8. The first-order valence-corrected chi connectivity index (χ1v) is 8.49. The van der Waals surface area contributed by atoms with Gasteiger partial charge in [0, 0.05) is 31.5 Å². The summed E-state index contributed by atoms with van der Waals surface area (Å²) in [4.78, 5) is 30.5. The van der Waals surface area contributed by atoms with Gasteiger partial charge in [-0.05, 0) is 42.7 Å². The Morgan fingerprint density at radius 3 is 2.60 bits per heavy atom. The molecule has 0 N–H and O–H groups in total. The Labute approximate surface area is 144 Å². The van der Waals surface area contributed by atoms with Crippen LogP contribution in [0.25, 0.3) is 11.1 Å². The molecule has 6 nitrogen and oxygen atoms in total. The van der Waals surface area contributed by atoms with Crippen LogP contribution in [0.2, 0.25) is 0 Å². The van der Waals surface area contributed by atoms with Gasteiger partial charge in [0.2, 0.25) is 5.91 Å². The zero-order chi connectivity index (χ0) is 17.2. The van der Waals surface area contributed by atoms with E-state index in [0.29, 0.717) is 25.1 Å². The lowest BCUT2D eigenvalue weighted by molar-refractivity contribution is -0.131. The third kappa shape index (κ3) is 3.07. The topological polar surface area (TPSA) is 68.3 Å². The molecular formula is C19H19N3O3. The second kappa shape index (κ2) is 6.55. The Balaban J connectivity index is 1.45. The molecule has 1 amide bonds. The average molecular weight is 337 g/mol. The highest BCUT2D eigenvalue weighted by atomic mass is 16.4. The molecular weight excluding hydrogens is 318 g/mol. The summed E-state index contributed by atoms with van der Waals surface area (Å²) in [5.41, 5.74) is 2.41. The van der Waals surface area contributed by atoms with Crippen molar-refractivity contribution in [2.45, 2.75) is 25.3 Å². The molecule has 0 aliphatic carbocycles. The molecule has 128 valence electrons. The number of hydrogen-bond acceptors (Lipinski definition) is 4. The lowest BCUT2D eigenvalue weighted by atomic mass is 10.0. The number of pyridine rings is 1. The molecule has 6 heteroatoms. The molecule has 1 saturated heterocycles. The van der Waals surface area contributed by atoms with Gasteiger partial charge in [-0.1, -0.05) is 12.1 Å². The number of oxazole rings is 1. The number of hydrogen-bond donors (Lipinski definition) is 0. The highest BCUT2D eigenvalue weighted by Gasteiger charge is 2.26. The maximum absolute atomic E-state index is 12.5. The van der Waals surface area contributed by atoms with Crippen molar-refractivity contribution in [1.82, 2.24) is 14.5 Å². The van der Waals surface area contributed by atoms with Crippen molar-refractivity contribution in [3.63, 3.8) is 0 Å². The van der Waals surface area contributed by atoms with Crippen molar-refractivity contribution in [3.8, 4) is 0 Å². The summed E-state index contributed by atoms with van der Waals surface area (Å²) in [6.07, 6.45) is 5.30. The summed E-state index contributed by atoms with van der Waals surface area (Å²) in [5, 5.41) is 0. The van der Waals surface area contributed by atoms with Crippen molar-refractivity contribution in [3.05, 3.63) is 64.9 Å². The number of carbonyl (C=O) groups is 1. The van der Waals surface area contributed by atoms with Crippen LogP contribution in [0.1, 0.15) is 24.4 Å². The van der Waals surface area contributed by atoms with E-state index in [4.69, 9.17) is 4.42 Å². The fourth-order valence-electron chi connectivity index (χ4n) is 3.49. The summed E-state index contributed by atoms with van der Waals surface area (Å²) < 4.78 is 7.06. The van der Waals surface area contributed by atoms with Crippen LogP contribution in [-0.2, 0) is 11.2 Å². The van der Waals surface area contributed by atoms with Crippen molar-refractivity contribution in [2.75, 3.05) is 13.1 Å². The number of fused-ring (bicyclic) bond motifs is 1. The van der Waals surface area contributed by atoms with Crippen molar-refractivity contribution < 1.29 is 9.21 Å². The summed E-state index contributed by atoms with van der Waals surface area (Å²) in [6.45, 7) is 1.31. The lowest BCUT2D eigenvalue weighted by Gasteiger charge is -2.32. The number of nitrogens with zero attached hydrogens (tertiary/aromatic N) is 3. The Morgan fingerprint density at radius 1 is 1.12 bits per heavy atom. The van der Waals surface area contributed by atoms with E-state index in [1.165, 1.54) is 0 Å². The normalized spacial score (nSPS) is 15.6. The maximum atomic E-state index is 12.5. The number of aromatic nitrogens is 2. The van der Waals surface area contributed by atoms with Gasteiger partial charge < -0.3 is 9.32 Å². The Morgan fingerprint density at radius 2 is 1.84 bits per heavy atom. The summed E-state index contributed by atoms with van der Waals surface area (Å²) in [5.74, 6) is -0.197. The minimum atomic E-state index is -0.317. The number of carbonyl (C=O) groups excluding carboxylic acids is 1. The second-order valence-corrected chi connectivity index (χ2v) is 6.35. The molecule has 1 aliphatic rings.